The second kappa shape index (κ2) is 23.9. The van der Waals surface area contributed by atoms with Gasteiger partial charge in [-0.25, -0.2) is 39.6 Å². The third-order valence-electron chi connectivity index (χ3n) is 17.8. The van der Waals surface area contributed by atoms with Gasteiger partial charge in [-0.3, -0.25) is 0 Å². The summed E-state index contributed by atoms with van der Waals surface area (Å²) in [5, 5.41) is 4.28. The van der Waals surface area contributed by atoms with Crippen LogP contribution in [0.15, 0.2) is 315 Å². The standard InChI is InChI=1S/C86H52N10/c1-87-75-38-19-15-34-69(75)61-42-44-79-73(53-61)71-36-17-21-40-77(71)95(79)67-49-63(47-65(51-67)85-91-81(55-24-7-3-8-25-55)89-82(92-85)56-26-9-4-10-27-56)59-32-23-33-60(46-59)64-48-66(86-93-83(57-28-11-5-12-29-57)90-84(94-86)58-30-13-6-14-31-58)52-68(50-64)96-78-41-22-18-37-72(78)74-54-62(43-45-80(74)96)70-35-16-20-39-76(70)88-2/h3-54H. The summed E-state index contributed by atoms with van der Waals surface area (Å²) in [6.45, 7) is 16.1. The first-order chi connectivity index (χ1) is 47.5. The predicted octanol–water partition coefficient (Wildman–Crippen LogP) is 22.0. The lowest BCUT2D eigenvalue weighted by atomic mass is 9.95. The van der Waals surface area contributed by atoms with E-state index in [9.17, 15) is 0 Å². The number of hydrogen-bond donors (Lipinski definition) is 0. The third kappa shape index (κ3) is 10.3. The fraction of sp³-hybridized carbons (Fsp3) is 0. The Morgan fingerprint density at radius 2 is 0.500 bits per heavy atom. The molecule has 0 amide bonds. The molecule has 17 rings (SSSR count). The van der Waals surface area contributed by atoms with Gasteiger partial charge in [0.1, 0.15) is 0 Å². The first-order valence-electron chi connectivity index (χ1n) is 31.6. The molecular formula is C86H52N10. The fourth-order valence-corrected chi connectivity index (χ4v) is 13.3. The lowest BCUT2D eigenvalue weighted by Crippen LogP contribution is -2.02. The summed E-state index contributed by atoms with van der Waals surface area (Å²) < 4.78 is 4.67. The molecule has 96 heavy (non-hydrogen) atoms. The molecule has 0 N–H and O–H groups in total. The van der Waals surface area contributed by atoms with Crippen molar-refractivity contribution in [1.82, 2.24) is 39.0 Å². The van der Waals surface area contributed by atoms with Crippen LogP contribution in [0.25, 0.3) is 178 Å². The zero-order valence-corrected chi connectivity index (χ0v) is 51.5. The van der Waals surface area contributed by atoms with E-state index in [-0.39, 0.29) is 0 Å². The van der Waals surface area contributed by atoms with Crippen molar-refractivity contribution in [2.45, 2.75) is 0 Å². The van der Waals surface area contributed by atoms with Gasteiger partial charge in [-0.15, -0.1) is 0 Å². The smallest absolute Gasteiger partial charge is 0.194 e. The highest BCUT2D eigenvalue weighted by Gasteiger charge is 2.22. The zero-order chi connectivity index (χ0) is 64.1. The molecule has 4 aromatic heterocycles. The molecule has 0 saturated carbocycles. The monoisotopic (exact) mass is 1220 g/mol. The topological polar surface area (TPSA) is 95.9 Å². The molecule has 0 radical (unpaired) electrons. The minimum Gasteiger partial charge on any atom is -0.309 e. The Hall–Kier alpha value is -13.5. The van der Waals surface area contributed by atoms with Crippen molar-refractivity contribution in [3.8, 4) is 124 Å². The molecule has 0 saturated heterocycles. The van der Waals surface area contributed by atoms with E-state index in [2.05, 4.69) is 164 Å². The van der Waals surface area contributed by atoms with E-state index >= 15 is 0 Å². The Bertz CT molecular complexity index is 5500. The number of benzene rings is 13. The van der Waals surface area contributed by atoms with Gasteiger partial charge in [0.15, 0.2) is 46.3 Å². The summed E-state index contributed by atoms with van der Waals surface area (Å²) in [7, 11) is 0. The molecule has 446 valence electrons. The molecule has 10 nitrogen and oxygen atoms in total. The first-order valence-corrected chi connectivity index (χ1v) is 31.6. The molecule has 0 aliphatic carbocycles. The molecule has 0 spiro atoms. The van der Waals surface area contributed by atoms with Crippen LogP contribution in [0.4, 0.5) is 11.4 Å². The Morgan fingerprint density at radius 1 is 0.208 bits per heavy atom. The lowest BCUT2D eigenvalue weighted by molar-refractivity contribution is 1.07. The van der Waals surface area contributed by atoms with E-state index in [1.54, 1.807) is 0 Å². The van der Waals surface area contributed by atoms with Gasteiger partial charge in [-0.1, -0.05) is 237 Å². The molecule has 0 bridgehead atoms. The van der Waals surface area contributed by atoms with Crippen LogP contribution in [0.5, 0.6) is 0 Å². The average Bonchev–Trinajstić information content (AvgIpc) is 1.58. The van der Waals surface area contributed by atoms with Crippen molar-refractivity contribution in [2.75, 3.05) is 0 Å². The van der Waals surface area contributed by atoms with Gasteiger partial charge in [0.05, 0.1) is 35.2 Å². The minimum atomic E-state index is 0.522. The summed E-state index contributed by atoms with van der Waals surface area (Å²) in [5.74, 6) is 3.29. The Balaban J connectivity index is 0.895. The van der Waals surface area contributed by atoms with Crippen molar-refractivity contribution in [3.05, 3.63) is 338 Å². The van der Waals surface area contributed by atoms with Gasteiger partial charge in [0.2, 0.25) is 0 Å². The summed E-state index contributed by atoms with van der Waals surface area (Å²) >= 11 is 0. The van der Waals surface area contributed by atoms with Crippen molar-refractivity contribution in [3.63, 3.8) is 0 Å². The summed E-state index contributed by atoms with van der Waals surface area (Å²) in [6, 6.07) is 108. The molecular weight excluding hydrogens is 1170 g/mol. The van der Waals surface area contributed by atoms with Crippen molar-refractivity contribution >= 4 is 55.0 Å². The summed E-state index contributed by atoms with van der Waals surface area (Å²) in [5.41, 5.74) is 19.7. The maximum atomic E-state index is 8.05. The molecule has 0 aliphatic rings. The molecule has 13 aromatic carbocycles. The average molecular weight is 1230 g/mol. The number of rotatable bonds is 12. The zero-order valence-electron chi connectivity index (χ0n) is 51.5. The van der Waals surface area contributed by atoms with Crippen molar-refractivity contribution in [2.24, 2.45) is 0 Å². The van der Waals surface area contributed by atoms with E-state index in [4.69, 9.17) is 43.0 Å². The van der Waals surface area contributed by atoms with Crippen LogP contribution in [0.2, 0.25) is 0 Å². The first kappa shape index (κ1) is 56.4. The van der Waals surface area contributed by atoms with E-state index in [1.165, 1.54) is 0 Å². The largest absolute Gasteiger partial charge is 0.309 e. The highest BCUT2D eigenvalue weighted by molar-refractivity contribution is 6.12. The Labute approximate surface area is 553 Å². The van der Waals surface area contributed by atoms with Crippen LogP contribution < -0.4 is 0 Å². The number of hydrogen-bond acceptors (Lipinski definition) is 6. The molecule has 4 heterocycles. The van der Waals surface area contributed by atoms with Crippen LogP contribution in [0, 0.1) is 13.1 Å². The van der Waals surface area contributed by atoms with Crippen LogP contribution >= 0.6 is 0 Å². The van der Waals surface area contributed by atoms with E-state index < -0.39 is 0 Å². The summed E-state index contributed by atoms with van der Waals surface area (Å²) in [6.07, 6.45) is 0. The third-order valence-corrected chi connectivity index (χ3v) is 17.8. The van der Waals surface area contributed by atoms with E-state index in [0.717, 1.165) is 133 Å². The van der Waals surface area contributed by atoms with Gasteiger partial charge in [0.25, 0.3) is 0 Å². The van der Waals surface area contributed by atoms with Gasteiger partial charge >= 0.3 is 0 Å². The molecule has 0 atom stereocenters. The summed E-state index contributed by atoms with van der Waals surface area (Å²) in [4.78, 5) is 39.3. The Kier molecular flexibility index (Phi) is 14.1. The van der Waals surface area contributed by atoms with E-state index in [1.807, 2.05) is 170 Å². The van der Waals surface area contributed by atoms with Gasteiger partial charge in [0, 0.05) is 66.3 Å². The van der Waals surface area contributed by atoms with Crippen molar-refractivity contribution in [1.29, 1.82) is 0 Å². The molecule has 17 aromatic rings. The number of nitrogens with zero attached hydrogens (tertiary/aromatic N) is 10. The predicted molar refractivity (Wildman–Crippen MR) is 389 cm³/mol. The fourth-order valence-electron chi connectivity index (χ4n) is 13.3. The molecule has 10 heteroatoms. The van der Waals surface area contributed by atoms with Gasteiger partial charge < -0.3 is 9.13 Å². The van der Waals surface area contributed by atoms with Crippen LogP contribution in [-0.2, 0) is 0 Å². The van der Waals surface area contributed by atoms with Crippen LogP contribution in [0.3, 0.4) is 0 Å². The maximum absolute atomic E-state index is 8.05. The van der Waals surface area contributed by atoms with Crippen molar-refractivity contribution < 1.29 is 0 Å². The Morgan fingerprint density at radius 3 is 0.875 bits per heavy atom. The number of fused-ring (bicyclic) bond motifs is 6. The lowest BCUT2D eigenvalue weighted by Gasteiger charge is -2.16. The minimum absolute atomic E-state index is 0.522. The molecule has 0 fully saturated rings. The number of aromatic nitrogens is 8. The highest BCUT2D eigenvalue weighted by atomic mass is 15.1. The SMILES string of the molecule is [C-]#[N+]c1ccccc1-c1ccc2c(c1)c1ccccc1n2-c1cc(-c2cccc(-c3cc(-c4nc(-c5ccccc5)nc(-c5ccccc5)n4)cc(-n4c5ccccc5c5cc(-c6ccccc6[N+]#[C-])ccc54)c3)c2)cc(-c2nc(-c3ccccc3)nc(-c3ccccc3)n2)c1. The van der Waals surface area contributed by atoms with Crippen LogP contribution in [-0.4, -0.2) is 39.0 Å². The second-order valence-corrected chi connectivity index (χ2v) is 23.6. The second-order valence-electron chi connectivity index (χ2n) is 23.6. The van der Waals surface area contributed by atoms with Gasteiger partial charge in [-0.05, 0) is 123 Å². The van der Waals surface area contributed by atoms with E-state index in [0.29, 0.717) is 46.3 Å². The quantitative estimate of drug-likeness (QED) is 0.113. The molecule has 0 aliphatic heterocycles. The molecule has 0 unspecified atom stereocenters. The highest BCUT2D eigenvalue weighted by Crippen LogP contribution is 2.43. The number of para-hydroxylation sites is 4. The maximum Gasteiger partial charge on any atom is 0.194 e. The van der Waals surface area contributed by atoms with Gasteiger partial charge in [-0.2, -0.15) is 0 Å². The normalized spacial score (nSPS) is 11.3. The van der Waals surface area contributed by atoms with Crippen LogP contribution in [0.1, 0.15) is 0 Å².